The second-order valence-electron chi connectivity index (χ2n) is 8.24. The first-order valence-corrected chi connectivity index (χ1v) is 12.2. The molecule has 0 heterocycles. The number of phenols is 1. The Morgan fingerprint density at radius 1 is 0.636 bits per heavy atom. The predicted molar refractivity (Wildman–Crippen MR) is 131 cm³/mol. The first-order valence-electron chi connectivity index (χ1n) is 10.8. The molecule has 168 valence electrons. The van der Waals surface area contributed by atoms with Gasteiger partial charge in [-0.05, 0) is 33.9 Å². The molecule has 4 aromatic carbocycles. The van der Waals surface area contributed by atoms with E-state index < -0.39 is 20.8 Å². The van der Waals surface area contributed by atoms with Crippen LogP contribution in [0.15, 0.2) is 102 Å². The van der Waals surface area contributed by atoms with E-state index in [4.69, 9.17) is 0 Å². The van der Waals surface area contributed by atoms with Gasteiger partial charge in [0.2, 0.25) is 0 Å². The minimum atomic E-state index is -4.65. The number of benzene rings is 4. The van der Waals surface area contributed by atoms with Crippen molar-refractivity contribution in [2.75, 3.05) is 0 Å². The van der Waals surface area contributed by atoms with Crippen molar-refractivity contribution in [3.05, 3.63) is 119 Å². The lowest BCUT2D eigenvalue weighted by Gasteiger charge is -2.21. The number of phenolic OH excluding ortho intramolecular Hbond substituents is 1. The first kappa shape index (κ1) is 22.8. The molecule has 33 heavy (non-hydrogen) atoms. The molecule has 4 nitrogen and oxygen atoms in total. The lowest BCUT2D eigenvalue weighted by atomic mass is 9.85. The Morgan fingerprint density at radius 3 is 1.67 bits per heavy atom. The smallest absolute Gasteiger partial charge is 0.298 e. The molecule has 2 N–H and O–H groups in total. The zero-order chi connectivity index (χ0) is 23.6. The maximum absolute atomic E-state index is 12.2. The van der Waals surface area contributed by atoms with Crippen LogP contribution in [-0.4, -0.2) is 18.1 Å². The Hall–Kier alpha value is -3.41. The molecular weight excluding hydrogens is 432 g/mol. The zero-order valence-electron chi connectivity index (χ0n) is 18.5. The van der Waals surface area contributed by atoms with Crippen LogP contribution >= 0.6 is 0 Å². The monoisotopic (exact) mass is 458 g/mol. The molecule has 0 radical (unpaired) electrons. The van der Waals surface area contributed by atoms with Crippen LogP contribution in [0.1, 0.15) is 47.9 Å². The van der Waals surface area contributed by atoms with Crippen LogP contribution in [0.3, 0.4) is 0 Å². The van der Waals surface area contributed by atoms with Crippen LogP contribution in [0, 0.1) is 0 Å². The Morgan fingerprint density at radius 2 is 1.12 bits per heavy atom. The molecule has 0 saturated carbocycles. The minimum Gasteiger partial charge on any atom is -0.506 e. The van der Waals surface area contributed by atoms with Crippen LogP contribution in [0.4, 0.5) is 0 Å². The molecular formula is C28H26O4S. The summed E-state index contributed by atoms with van der Waals surface area (Å²) < 4.78 is 34.3. The number of hydrogen-bond acceptors (Lipinski definition) is 3. The highest BCUT2D eigenvalue weighted by atomic mass is 32.2. The Bertz CT molecular complexity index is 1350. The van der Waals surface area contributed by atoms with Crippen molar-refractivity contribution in [3.63, 3.8) is 0 Å². The van der Waals surface area contributed by atoms with E-state index >= 15 is 0 Å². The molecule has 0 aromatic heterocycles. The van der Waals surface area contributed by atoms with Gasteiger partial charge in [0.25, 0.3) is 10.1 Å². The van der Waals surface area contributed by atoms with Gasteiger partial charge in [-0.1, -0.05) is 105 Å². The van der Waals surface area contributed by atoms with Crippen LogP contribution in [0.5, 0.6) is 5.75 Å². The predicted octanol–water partition coefficient (Wildman–Crippen LogP) is 6.61. The molecule has 0 saturated heterocycles. The minimum absolute atomic E-state index is 0.178. The van der Waals surface area contributed by atoms with Crippen LogP contribution in [0.2, 0.25) is 0 Å². The highest BCUT2D eigenvalue weighted by molar-refractivity contribution is 7.86. The third-order valence-electron chi connectivity index (χ3n) is 6.19. The fourth-order valence-corrected chi connectivity index (χ4v) is 5.12. The number of rotatable bonds is 6. The number of hydrogen-bond donors (Lipinski definition) is 2. The standard InChI is InChI=1S/C28H26O4S/c1-19(21-9-5-3-6-10-21)22-13-15-23(16-14-22)20(2)25-17-18-26(29)28(33(30,31)32)27(25)24-11-7-4-8-12-24/h3-20,29H,1-2H3,(H,30,31,32). The average Bonchev–Trinajstić information content (AvgIpc) is 2.83. The van der Waals surface area contributed by atoms with Gasteiger partial charge in [0.05, 0.1) is 0 Å². The van der Waals surface area contributed by atoms with E-state index in [1.54, 1.807) is 30.3 Å². The van der Waals surface area contributed by atoms with Gasteiger partial charge < -0.3 is 5.11 Å². The third kappa shape index (κ3) is 4.70. The summed E-state index contributed by atoms with van der Waals surface area (Å²) in [4.78, 5) is -0.465. The molecule has 0 spiro atoms. The van der Waals surface area contributed by atoms with Gasteiger partial charge in [0, 0.05) is 17.4 Å². The van der Waals surface area contributed by atoms with Crippen molar-refractivity contribution in [2.45, 2.75) is 30.6 Å². The Kier molecular flexibility index (Phi) is 6.36. The Labute approximate surface area is 194 Å². The third-order valence-corrected chi connectivity index (χ3v) is 7.12. The molecule has 5 heteroatoms. The zero-order valence-corrected chi connectivity index (χ0v) is 19.3. The van der Waals surface area contributed by atoms with Crippen molar-refractivity contribution in [1.82, 2.24) is 0 Å². The van der Waals surface area contributed by atoms with Gasteiger partial charge in [0.15, 0.2) is 0 Å². The van der Waals surface area contributed by atoms with Crippen LogP contribution < -0.4 is 0 Å². The van der Waals surface area contributed by atoms with E-state index in [2.05, 4.69) is 31.2 Å². The average molecular weight is 459 g/mol. The first-order chi connectivity index (χ1) is 15.8. The molecule has 0 aliphatic carbocycles. The van der Waals surface area contributed by atoms with Crippen molar-refractivity contribution in [3.8, 4) is 16.9 Å². The van der Waals surface area contributed by atoms with Crippen LogP contribution in [-0.2, 0) is 10.1 Å². The fraction of sp³-hybridized carbons (Fsp3) is 0.143. The molecule has 0 aliphatic rings. The molecule has 0 amide bonds. The van der Waals surface area contributed by atoms with E-state index in [1.807, 2.05) is 43.3 Å². The summed E-state index contributed by atoms with van der Waals surface area (Å²) in [5.74, 6) is -0.406. The van der Waals surface area contributed by atoms with Crippen molar-refractivity contribution < 1.29 is 18.1 Å². The highest BCUT2D eigenvalue weighted by Gasteiger charge is 2.27. The van der Waals surface area contributed by atoms with Crippen LogP contribution in [0.25, 0.3) is 11.1 Å². The summed E-state index contributed by atoms with van der Waals surface area (Å²) in [6, 6.07) is 30.6. The largest absolute Gasteiger partial charge is 0.506 e. The molecule has 2 unspecified atom stereocenters. The van der Waals surface area contributed by atoms with Gasteiger partial charge >= 0.3 is 0 Å². The van der Waals surface area contributed by atoms with Crippen molar-refractivity contribution in [2.24, 2.45) is 0 Å². The van der Waals surface area contributed by atoms with E-state index in [0.29, 0.717) is 16.7 Å². The SMILES string of the molecule is CC(c1ccccc1)c1ccc(C(C)c2ccc(O)c(S(=O)(=O)O)c2-c2ccccc2)cc1. The summed E-state index contributed by atoms with van der Waals surface area (Å²) in [6.45, 7) is 4.15. The molecule has 0 fully saturated rings. The Balaban J connectivity index is 1.78. The maximum Gasteiger partial charge on any atom is 0.298 e. The molecule has 0 aliphatic heterocycles. The summed E-state index contributed by atoms with van der Waals surface area (Å²) in [5.41, 5.74) is 5.05. The van der Waals surface area contributed by atoms with Gasteiger partial charge in [0.1, 0.15) is 10.6 Å². The van der Waals surface area contributed by atoms with Crippen molar-refractivity contribution in [1.29, 1.82) is 0 Å². The van der Waals surface area contributed by atoms with Gasteiger partial charge in [-0.3, -0.25) is 4.55 Å². The number of aromatic hydroxyl groups is 1. The molecule has 4 aromatic rings. The lowest BCUT2D eigenvalue weighted by Crippen LogP contribution is -2.07. The van der Waals surface area contributed by atoms with Gasteiger partial charge in [-0.15, -0.1) is 0 Å². The summed E-state index contributed by atoms with van der Waals surface area (Å²) in [5, 5.41) is 10.3. The summed E-state index contributed by atoms with van der Waals surface area (Å²) >= 11 is 0. The second kappa shape index (κ2) is 9.22. The van der Waals surface area contributed by atoms with E-state index in [1.165, 1.54) is 17.2 Å². The quantitative estimate of drug-likeness (QED) is 0.319. The van der Waals surface area contributed by atoms with E-state index in [-0.39, 0.29) is 11.8 Å². The summed E-state index contributed by atoms with van der Waals surface area (Å²) in [6.07, 6.45) is 0. The second-order valence-corrected chi connectivity index (χ2v) is 9.60. The van der Waals surface area contributed by atoms with Crippen molar-refractivity contribution >= 4 is 10.1 Å². The van der Waals surface area contributed by atoms with E-state index in [9.17, 15) is 18.1 Å². The van der Waals surface area contributed by atoms with Gasteiger partial charge in [-0.25, -0.2) is 0 Å². The maximum atomic E-state index is 12.2. The molecule has 4 rings (SSSR count). The lowest BCUT2D eigenvalue weighted by molar-refractivity contribution is 0.443. The topological polar surface area (TPSA) is 74.6 Å². The fourth-order valence-electron chi connectivity index (χ4n) is 4.30. The van der Waals surface area contributed by atoms with E-state index in [0.717, 1.165) is 5.56 Å². The highest BCUT2D eigenvalue weighted by Crippen LogP contribution is 2.41. The molecule has 2 atom stereocenters. The normalized spacial score (nSPS) is 13.4. The van der Waals surface area contributed by atoms with Gasteiger partial charge in [-0.2, -0.15) is 8.42 Å². The summed E-state index contributed by atoms with van der Waals surface area (Å²) in [7, 11) is -4.65. The molecule has 0 bridgehead atoms.